The Morgan fingerprint density at radius 1 is 1.10 bits per heavy atom. The summed E-state index contributed by atoms with van der Waals surface area (Å²) in [6.45, 7) is 4.55. The molecule has 1 unspecified atom stereocenters. The molecule has 3 heteroatoms. The van der Waals surface area contributed by atoms with Crippen LogP contribution in [0.3, 0.4) is 0 Å². The highest BCUT2D eigenvalue weighted by molar-refractivity contribution is 5.32. The fourth-order valence-corrected chi connectivity index (χ4v) is 2.11. The van der Waals surface area contributed by atoms with Crippen LogP contribution in [0.5, 0.6) is 11.5 Å². The molecule has 0 saturated carbocycles. The maximum Gasteiger partial charge on any atom is 0.171 e. The monoisotopic (exact) mass is 288 g/mol. The molecule has 0 aromatic heterocycles. The molecular formula is C18H21FO2. The Kier molecular flexibility index (Phi) is 5.20. The fourth-order valence-electron chi connectivity index (χ4n) is 2.11. The maximum absolute atomic E-state index is 14.0. The smallest absolute Gasteiger partial charge is 0.171 e. The van der Waals surface area contributed by atoms with E-state index >= 15 is 0 Å². The van der Waals surface area contributed by atoms with E-state index in [-0.39, 0.29) is 18.2 Å². The van der Waals surface area contributed by atoms with Gasteiger partial charge in [-0.1, -0.05) is 38.1 Å². The van der Waals surface area contributed by atoms with Gasteiger partial charge < -0.3 is 9.47 Å². The first-order valence-electron chi connectivity index (χ1n) is 7.19. The minimum atomic E-state index is -0.365. The fraction of sp³-hybridized carbons (Fsp3) is 0.333. The second-order valence-corrected chi connectivity index (χ2v) is 5.10. The van der Waals surface area contributed by atoms with E-state index in [4.69, 9.17) is 9.47 Å². The predicted octanol–water partition coefficient (Wildman–Crippen LogP) is 4.93. The maximum atomic E-state index is 14.0. The molecule has 2 aromatic carbocycles. The summed E-state index contributed by atoms with van der Waals surface area (Å²) >= 11 is 0. The number of hydrogen-bond donors (Lipinski definition) is 0. The minimum absolute atomic E-state index is 0.186. The van der Waals surface area contributed by atoms with Crippen LogP contribution < -0.4 is 9.47 Å². The molecule has 0 aliphatic carbocycles. The average Bonchev–Trinajstić information content (AvgIpc) is 2.53. The molecule has 2 nitrogen and oxygen atoms in total. The van der Waals surface area contributed by atoms with Crippen molar-refractivity contribution in [2.24, 2.45) is 0 Å². The highest BCUT2D eigenvalue weighted by Crippen LogP contribution is 2.24. The lowest BCUT2D eigenvalue weighted by Crippen LogP contribution is -2.00. The molecule has 0 bridgehead atoms. The second kappa shape index (κ2) is 7.11. The molecule has 0 spiro atoms. The highest BCUT2D eigenvalue weighted by Gasteiger charge is 2.09. The number of methoxy groups -OCH3 is 1. The quantitative estimate of drug-likeness (QED) is 0.750. The van der Waals surface area contributed by atoms with E-state index in [2.05, 4.69) is 26.0 Å². The Morgan fingerprint density at radius 3 is 2.43 bits per heavy atom. The summed E-state index contributed by atoms with van der Waals surface area (Å²) in [6, 6.07) is 13.0. The number of hydrogen-bond acceptors (Lipinski definition) is 2. The van der Waals surface area contributed by atoms with Gasteiger partial charge in [-0.15, -0.1) is 0 Å². The van der Waals surface area contributed by atoms with E-state index in [9.17, 15) is 4.39 Å². The van der Waals surface area contributed by atoms with Crippen molar-refractivity contribution in [3.8, 4) is 11.5 Å². The van der Waals surface area contributed by atoms with Crippen molar-refractivity contribution < 1.29 is 13.9 Å². The molecule has 0 heterocycles. The lowest BCUT2D eigenvalue weighted by molar-refractivity contribution is 0.295. The Balaban J connectivity index is 2.03. The van der Waals surface area contributed by atoms with Gasteiger partial charge in [0.05, 0.1) is 7.11 Å². The highest BCUT2D eigenvalue weighted by atomic mass is 19.1. The standard InChI is InChI=1S/C18H21FO2/c1-4-13(2)14-8-10-16(11-9-14)21-12-15-6-5-7-17(20-3)18(15)19/h5-11,13H,4,12H2,1-3H3. The van der Waals surface area contributed by atoms with E-state index in [0.29, 0.717) is 11.5 Å². The lowest BCUT2D eigenvalue weighted by Gasteiger charge is -2.12. The average molecular weight is 288 g/mol. The van der Waals surface area contributed by atoms with Gasteiger partial charge in [0.2, 0.25) is 0 Å². The first-order valence-corrected chi connectivity index (χ1v) is 7.19. The summed E-state index contributed by atoms with van der Waals surface area (Å²) in [6.07, 6.45) is 1.11. The topological polar surface area (TPSA) is 18.5 Å². The molecule has 0 fully saturated rings. The molecule has 2 rings (SSSR count). The Hall–Kier alpha value is -2.03. The van der Waals surface area contributed by atoms with E-state index in [1.54, 1.807) is 18.2 Å². The van der Waals surface area contributed by atoms with Crippen molar-refractivity contribution in [1.29, 1.82) is 0 Å². The molecule has 0 N–H and O–H groups in total. The molecule has 0 radical (unpaired) electrons. The van der Waals surface area contributed by atoms with Crippen molar-refractivity contribution in [1.82, 2.24) is 0 Å². The minimum Gasteiger partial charge on any atom is -0.494 e. The summed E-state index contributed by atoms with van der Waals surface area (Å²) in [7, 11) is 1.46. The number of ether oxygens (including phenoxy) is 2. The van der Waals surface area contributed by atoms with Crippen LogP contribution in [0.4, 0.5) is 4.39 Å². The number of rotatable bonds is 6. The summed E-state index contributed by atoms with van der Waals surface area (Å²) in [5, 5.41) is 0. The van der Waals surface area contributed by atoms with E-state index in [0.717, 1.165) is 12.2 Å². The van der Waals surface area contributed by atoms with Gasteiger partial charge in [-0.3, -0.25) is 0 Å². The molecule has 0 saturated heterocycles. The molecular weight excluding hydrogens is 267 g/mol. The van der Waals surface area contributed by atoms with Crippen LogP contribution in [0, 0.1) is 5.82 Å². The third-order valence-electron chi connectivity index (χ3n) is 3.72. The molecule has 0 aliphatic heterocycles. The van der Waals surface area contributed by atoms with E-state index < -0.39 is 0 Å². The second-order valence-electron chi connectivity index (χ2n) is 5.10. The Bertz CT molecular complexity index is 578. The van der Waals surface area contributed by atoms with Gasteiger partial charge in [0.15, 0.2) is 11.6 Å². The van der Waals surface area contributed by atoms with Gasteiger partial charge in [-0.25, -0.2) is 4.39 Å². The zero-order valence-corrected chi connectivity index (χ0v) is 12.7. The summed E-state index contributed by atoms with van der Waals surface area (Å²) in [4.78, 5) is 0. The van der Waals surface area contributed by atoms with Crippen molar-refractivity contribution in [3.63, 3.8) is 0 Å². The van der Waals surface area contributed by atoms with Crippen LogP contribution in [-0.2, 0) is 6.61 Å². The van der Waals surface area contributed by atoms with Gasteiger partial charge in [-0.2, -0.15) is 0 Å². The summed E-state index contributed by atoms with van der Waals surface area (Å²) in [5.41, 5.74) is 1.78. The van der Waals surface area contributed by atoms with Crippen LogP contribution in [0.2, 0.25) is 0 Å². The normalized spacial score (nSPS) is 12.0. The first-order chi connectivity index (χ1) is 10.2. The van der Waals surface area contributed by atoms with Crippen molar-refractivity contribution in [2.75, 3.05) is 7.11 Å². The van der Waals surface area contributed by atoms with Gasteiger partial charge in [0.25, 0.3) is 0 Å². The number of benzene rings is 2. The van der Waals surface area contributed by atoms with Crippen LogP contribution in [0.25, 0.3) is 0 Å². The van der Waals surface area contributed by atoms with Gasteiger partial charge in [0.1, 0.15) is 12.4 Å². The summed E-state index contributed by atoms with van der Waals surface area (Å²) < 4.78 is 24.6. The van der Waals surface area contributed by atoms with Crippen LogP contribution >= 0.6 is 0 Å². The molecule has 2 aromatic rings. The van der Waals surface area contributed by atoms with E-state index in [1.165, 1.54) is 12.7 Å². The molecule has 112 valence electrons. The third-order valence-corrected chi connectivity index (χ3v) is 3.72. The van der Waals surface area contributed by atoms with Crippen molar-refractivity contribution in [2.45, 2.75) is 32.8 Å². The van der Waals surface area contributed by atoms with E-state index in [1.807, 2.05) is 12.1 Å². The van der Waals surface area contributed by atoms with Gasteiger partial charge in [-0.05, 0) is 36.1 Å². The Labute approximate surface area is 125 Å². The zero-order valence-electron chi connectivity index (χ0n) is 12.7. The van der Waals surface area contributed by atoms with Crippen molar-refractivity contribution >= 4 is 0 Å². The number of halogens is 1. The predicted molar refractivity (Wildman–Crippen MR) is 82.4 cm³/mol. The third kappa shape index (κ3) is 3.75. The molecule has 0 amide bonds. The van der Waals surface area contributed by atoms with Gasteiger partial charge in [0, 0.05) is 5.56 Å². The summed E-state index contributed by atoms with van der Waals surface area (Å²) in [5.74, 6) is 1.15. The molecule has 1 atom stereocenters. The van der Waals surface area contributed by atoms with Crippen LogP contribution in [0.1, 0.15) is 37.3 Å². The largest absolute Gasteiger partial charge is 0.494 e. The lowest BCUT2D eigenvalue weighted by atomic mass is 9.99. The van der Waals surface area contributed by atoms with Crippen LogP contribution in [0.15, 0.2) is 42.5 Å². The van der Waals surface area contributed by atoms with Crippen LogP contribution in [-0.4, -0.2) is 7.11 Å². The first kappa shape index (κ1) is 15.4. The zero-order chi connectivity index (χ0) is 15.2. The SMILES string of the molecule is CCC(C)c1ccc(OCc2cccc(OC)c2F)cc1. The van der Waals surface area contributed by atoms with Gasteiger partial charge >= 0.3 is 0 Å². The van der Waals surface area contributed by atoms with Crippen molar-refractivity contribution in [3.05, 3.63) is 59.4 Å². The Morgan fingerprint density at radius 2 is 1.81 bits per heavy atom. The molecule has 21 heavy (non-hydrogen) atoms. The molecule has 0 aliphatic rings.